The Morgan fingerprint density at radius 3 is 2.77 bits per heavy atom. The smallest absolute Gasteiger partial charge is 0.305 e. The van der Waals surface area contributed by atoms with E-state index in [-0.39, 0.29) is 23.8 Å². The highest BCUT2D eigenvalue weighted by molar-refractivity contribution is 7.99. The van der Waals surface area contributed by atoms with Crippen molar-refractivity contribution >= 4 is 29.5 Å². The Hall–Kier alpha value is -2.68. The van der Waals surface area contributed by atoms with Gasteiger partial charge in [0.25, 0.3) is 5.91 Å². The summed E-state index contributed by atoms with van der Waals surface area (Å²) in [6.45, 7) is 1.65. The molecule has 1 aliphatic carbocycles. The Labute approximate surface area is 211 Å². The molecule has 0 bridgehead atoms. The van der Waals surface area contributed by atoms with Crippen molar-refractivity contribution in [2.75, 3.05) is 30.9 Å². The topological polar surface area (TPSA) is 97.3 Å². The van der Waals surface area contributed by atoms with Crippen molar-refractivity contribution < 1.29 is 14.3 Å². The molecule has 1 amide bonds. The molecule has 1 saturated heterocycles. The van der Waals surface area contributed by atoms with Gasteiger partial charge >= 0.3 is 5.97 Å². The number of ether oxygens (including phenoxy) is 1. The van der Waals surface area contributed by atoms with Gasteiger partial charge in [-0.25, -0.2) is 4.98 Å². The molecule has 1 saturated carbocycles. The van der Waals surface area contributed by atoms with Crippen molar-refractivity contribution in [1.29, 1.82) is 0 Å². The van der Waals surface area contributed by atoms with Crippen LogP contribution in [0.5, 0.6) is 0 Å². The predicted molar refractivity (Wildman–Crippen MR) is 137 cm³/mol. The summed E-state index contributed by atoms with van der Waals surface area (Å²) in [5, 5.41) is 3.98. The van der Waals surface area contributed by atoms with Gasteiger partial charge in [0.2, 0.25) is 0 Å². The van der Waals surface area contributed by atoms with Crippen LogP contribution in [0.15, 0.2) is 35.7 Å². The van der Waals surface area contributed by atoms with E-state index in [0.29, 0.717) is 12.0 Å². The number of carbonyl (C=O) groups is 2. The zero-order valence-electron chi connectivity index (χ0n) is 20.4. The van der Waals surface area contributed by atoms with Crippen LogP contribution in [0.1, 0.15) is 67.4 Å². The van der Waals surface area contributed by atoms with Crippen LogP contribution in [0.2, 0.25) is 0 Å². The fourth-order valence-electron chi connectivity index (χ4n) is 4.87. The summed E-state index contributed by atoms with van der Waals surface area (Å²) in [5.41, 5.74) is 1.55. The maximum atomic E-state index is 13.2. The average Bonchev–Trinajstić information content (AvgIpc) is 2.90. The largest absolute Gasteiger partial charge is 0.469 e. The van der Waals surface area contributed by atoms with Crippen molar-refractivity contribution in [3.63, 3.8) is 0 Å². The van der Waals surface area contributed by atoms with Gasteiger partial charge in [0.1, 0.15) is 10.8 Å². The summed E-state index contributed by atoms with van der Waals surface area (Å²) >= 11 is 1.58. The monoisotopic (exact) mass is 497 g/mol. The zero-order valence-corrected chi connectivity index (χ0v) is 21.3. The van der Waals surface area contributed by atoms with Crippen LogP contribution in [-0.4, -0.2) is 58.8 Å². The molecule has 2 aromatic rings. The average molecular weight is 498 g/mol. The first kappa shape index (κ1) is 25.4. The fraction of sp³-hybridized carbons (Fsp3) is 0.577. The molecule has 188 valence electrons. The molecule has 3 heterocycles. The van der Waals surface area contributed by atoms with Crippen LogP contribution >= 0.6 is 11.8 Å². The highest BCUT2D eigenvalue weighted by Crippen LogP contribution is 2.29. The van der Waals surface area contributed by atoms with Crippen molar-refractivity contribution in [1.82, 2.24) is 20.3 Å². The second kappa shape index (κ2) is 12.9. The van der Waals surface area contributed by atoms with E-state index >= 15 is 0 Å². The van der Waals surface area contributed by atoms with E-state index in [1.807, 2.05) is 12.1 Å². The fourth-order valence-corrected chi connectivity index (χ4v) is 5.85. The standard InChI is InChI=1S/C26H35N5O3S/c1-34-24(32)16-19-6-5-14-31(18-19)23-10-9-22(25(33)29-20-7-3-2-4-8-20)26(30-23)35-15-11-21-17-27-12-13-28-21/h9-10,12-13,17,19-20H,2-8,11,14-16,18H2,1H3,(H,29,33)/t19-/m0/s1. The molecule has 2 aromatic heterocycles. The van der Waals surface area contributed by atoms with Gasteiger partial charge in [-0.15, -0.1) is 11.8 Å². The van der Waals surface area contributed by atoms with Crippen LogP contribution in [0.3, 0.4) is 0 Å². The number of nitrogens with zero attached hydrogens (tertiary/aromatic N) is 4. The first-order valence-corrected chi connectivity index (χ1v) is 13.6. The number of hydrogen-bond acceptors (Lipinski definition) is 8. The number of pyridine rings is 1. The lowest BCUT2D eigenvalue weighted by molar-refractivity contribution is -0.141. The lowest BCUT2D eigenvalue weighted by Gasteiger charge is -2.33. The van der Waals surface area contributed by atoms with Crippen LogP contribution in [-0.2, 0) is 16.0 Å². The van der Waals surface area contributed by atoms with Crippen LogP contribution in [0.25, 0.3) is 0 Å². The number of hydrogen-bond donors (Lipinski definition) is 1. The molecular formula is C26H35N5O3S. The third-order valence-electron chi connectivity index (χ3n) is 6.77. The predicted octanol–water partition coefficient (Wildman–Crippen LogP) is 4.05. The third kappa shape index (κ3) is 7.40. The van der Waals surface area contributed by atoms with Crippen LogP contribution in [0, 0.1) is 5.92 Å². The van der Waals surface area contributed by atoms with Gasteiger partial charge in [0.15, 0.2) is 0 Å². The quantitative estimate of drug-likeness (QED) is 0.409. The molecule has 1 N–H and O–H groups in total. The Balaban J connectivity index is 1.49. The van der Waals surface area contributed by atoms with Crippen molar-refractivity contribution in [2.45, 2.75) is 68.9 Å². The second-order valence-corrected chi connectivity index (χ2v) is 10.4. The number of esters is 1. The van der Waals surface area contributed by atoms with Gasteiger partial charge in [-0.3, -0.25) is 19.6 Å². The molecule has 0 unspecified atom stereocenters. The molecule has 0 radical (unpaired) electrons. The summed E-state index contributed by atoms with van der Waals surface area (Å²) in [6.07, 6.45) is 14.0. The summed E-state index contributed by atoms with van der Waals surface area (Å²) < 4.78 is 4.87. The maximum absolute atomic E-state index is 13.2. The Bertz CT molecular complexity index is 984. The molecule has 4 rings (SSSR count). The number of nitrogens with one attached hydrogen (secondary N) is 1. The minimum Gasteiger partial charge on any atom is -0.469 e. The van der Waals surface area contributed by atoms with E-state index in [1.165, 1.54) is 26.4 Å². The van der Waals surface area contributed by atoms with E-state index in [2.05, 4.69) is 20.2 Å². The number of methoxy groups -OCH3 is 1. The van der Waals surface area contributed by atoms with Gasteiger partial charge in [0, 0.05) is 56.3 Å². The third-order valence-corrected chi connectivity index (χ3v) is 7.76. The van der Waals surface area contributed by atoms with E-state index in [0.717, 1.165) is 67.5 Å². The van der Waals surface area contributed by atoms with E-state index < -0.39 is 0 Å². The first-order valence-electron chi connectivity index (χ1n) is 12.6. The molecule has 9 heteroatoms. The van der Waals surface area contributed by atoms with E-state index in [9.17, 15) is 9.59 Å². The second-order valence-electron chi connectivity index (χ2n) is 9.36. The summed E-state index contributed by atoms with van der Waals surface area (Å²) in [7, 11) is 1.44. The zero-order chi connectivity index (χ0) is 24.5. The van der Waals surface area contributed by atoms with Gasteiger partial charge < -0.3 is 15.0 Å². The van der Waals surface area contributed by atoms with Gasteiger partial charge in [0.05, 0.1) is 18.4 Å². The van der Waals surface area contributed by atoms with Crippen molar-refractivity contribution in [3.8, 4) is 0 Å². The minimum atomic E-state index is -0.167. The lowest BCUT2D eigenvalue weighted by atomic mass is 9.95. The summed E-state index contributed by atoms with van der Waals surface area (Å²) in [5.74, 6) is 1.65. The molecule has 8 nitrogen and oxygen atoms in total. The number of thioether (sulfide) groups is 1. The Morgan fingerprint density at radius 1 is 1.14 bits per heavy atom. The molecule has 0 aromatic carbocycles. The number of rotatable bonds is 9. The number of aryl methyl sites for hydroxylation is 1. The van der Waals surface area contributed by atoms with E-state index in [4.69, 9.17) is 9.72 Å². The maximum Gasteiger partial charge on any atom is 0.305 e. The minimum absolute atomic E-state index is 0.0415. The highest BCUT2D eigenvalue weighted by atomic mass is 32.2. The Kier molecular flexibility index (Phi) is 9.34. The Morgan fingerprint density at radius 2 is 2.00 bits per heavy atom. The first-order chi connectivity index (χ1) is 17.1. The van der Waals surface area contributed by atoms with Crippen LogP contribution in [0.4, 0.5) is 5.82 Å². The molecular weight excluding hydrogens is 462 g/mol. The van der Waals surface area contributed by atoms with E-state index in [1.54, 1.807) is 30.4 Å². The number of amides is 1. The van der Waals surface area contributed by atoms with Crippen molar-refractivity contribution in [3.05, 3.63) is 42.0 Å². The highest BCUT2D eigenvalue weighted by Gasteiger charge is 2.25. The summed E-state index contributed by atoms with van der Waals surface area (Å²) in [6, 6.07) is 4.10. The molecule has 2 fully saturated rings. The van der Waals surface area contributed by atoms with Gasteiger partial charge in [-0.05, 0) is 43.7 Å². The molecule has 0 spiro atoms. The molecule has 1 atom stereocenters. The number of piperidine rings is 1. The number of anilines is 1. The number of aromatic nitrogens is 3. The molecule has 1 aliphatic heterocycles. The lowest BCUT2D eigenvalue weighted by Crippen LogP contribution is -2.38. The molecule has 35 heavy (non-hydrogen) atoms. The van der Waals surface area contributed by atoms with Crippen molar-refractivity contribution in [2.24, 2.45) is 5.92 Å². The SMILES string of the molecule is COC(=O)C[C@@H]1CCCN(c2ccc(C(=O)NC3CCCCC3)c(SCCc3cnccn3)n2)C1. The molecule has 2 aliphatic rings. The van der Waals surface area contributed by atoms with Gasteiger partial charge in [-0.2, -0.15) is 0 Å². The van der Waals surface area contributed by atoms with Gasteiger partial charge in [-0.1, -0.05) is 19.3 Å². The number of carbonyl (C=O) groups excluding carboxylic acids is 2. The van der Waals surface area contributed by atoms with Crippen LogP contribution < -0.4 is 10.2 Å². The summed E-state index contributed by atoms with van der Waals surface area (Å²) in [4.78, 5) is 40.7. The normalized spacial score (nSPS) is 18.8.